The number of benzene rings is 1. The number of hydrogen-bond acceptors (Lipinski definition) is 3. The summed E-state index contributed by atoms with van der Waals surface area (Å²) in [5.41, 5.74) is -0.439. The lowest BCUT2D eigenvalue weighted by Crippen LogP contribution is -2.26. The van der Waals surface area contributed by atoms with Gasteiger partial charge < -0.3 is 5.11 Å². The maximum Gasteiger partial charge on any atom is 0.409 e. The van der Waals surface area contributed by atoms with Crippen LogP contribution < -0.4 is 5.32 Å². The molecule has 0 fully saturated rings. The molecule has 1 aromatic carbocycles. The topological polar surface area (TPSA) is 78.9 Å². The lowest BCUT2D eigenvalue weighted by Gasteiger charge is -2.15. The van der Waals surface area contributed by atoms with Gasteiger partial charge in [0.2, 0.25) is 0 Å². The Morgan fingerprint density at radius 1 is 1.50 bits per heavy atom. The molecule has 0 atom stereocenters. The SMILES string of the molecule is CON(C)C(=O)c1cc(NC(=O)O)c(F)cc1Cl. The quantitative estimate of drug-likeness (QED) is 0.830. The van der Waals surface area contributed by atoms with E-state index in [9.17, 15) is 14.0 Å². The molecule has 0 aliphatic rings. The van der Waals surface area contributed by atoms with E-state index in [1.165, 1.54) is 14.2 Å². The highest BCUT2D eigenvalue weighted by atomic mass is 35.5. The molecular weight excluding hydrogens is 267 g/mol. The van der Waals surface area contributed by atoms with Gasteiger partial charge >= 0.3 is 6.09 Å². The van der Waals surface area contributed by atoms with E-state index in [-0.39, 0.29) is 16.3 Å². The predicted molar refractivity (Wildman–Crippen MR) is 62.2 cm³/mol. The fourth-order valence-corrected chi connectivity index (χ4v) is 1.41. The molecule has 8 heteroatoms. The summed E-state index contributed by atoms with van der Waals surface area (Å²) in [6, 6.07) is 1.85. The molecular formula is C10H10ClFN2O4. The first kappa shape index (κ1) is 14.2. The molecule has 0 spiro atoms. The third kappa shape index (κ3) is 3.08. The molecule has 1 aromatic rings. The number of nitrogens with zero attached hydrogens (tertiary/aromatic N) is 1. The van der Waals surface area contributed by atoms with Gasteiger partial charge in [-0.1, -0.05) is 11.6 Å². The molecule has 0 aliphatic heterocycles. The van der Waals surface area contributed by atoms with E-state index in [0.717, 1.165) is 17.2 Å². The van der Waals surface area contributed by atoms with Gasteiger partial charge in [-0.25, -0.2) is 14.2 Å². The molecule has 18 heavy (non-hydrogen) atoms. The van der Waals surface area contributed by atoms with Gasteiger partial charge in [0.25, 0.3) is 5.91 Å². The number of carboxylic acid groups (broad SMARTS) is 1. The Morgan fingerprint density at radius 3 is 2.61 bits per heavy atom. The number of amides is 2. The van der Waals surface area contributed by atoms with Crippen LogP contribution >= 0.6 is 11.6 Å². The van der Waals surface area contributed by atoms with Crippen molar-refractivity contribution >= 4 is 29.3 Å². The van der Waals surface area contributed by atoms with Crippen LogP contribution in [0.3, 0.4) is 0 Å². The number of carbonyl (C=O) groups excluding carboxylic acids is 1. The Hall–Kier alpha value is -1.86. The molecule has 0 unspecified atom stereocenters. The van der Waals surface area contributed by atoms with Crippen molar-refractivity contribution < 1.29 is 23.9 Å². The Balaban J connectivity index is 3.20. The molecule has 0 saturated carbocycles. The van der Waals surface area contributed by atoms with Crippen molar-refractivity contribution in [2.24, 2.45) is 0 Å². The molecule has 0 saturated heterocycles. The van der Waals surface area contributed by atoms with E-state index >= 15 is 0 Å². The summed E-state index contributed by atoms with van der Waals surface area (Å²) < 4.78 is 13.4. The molecule has 2 amide bonds. The smallest absolute Gasteiger partial charge is 0.409 e. The first-order valence-electron chi connectivity index (χ1n) is 4.68. The van der Waals surface area contributed by atoms with Crippen LogP contribution in [0.1, 0.15) is 10.4 Å². The molecule has 6 nitrogen and oxygen atoms in total. The zero-order valence-corrected chi connectivity index (χ0v) is 10.3. The highest BCUT2D eigenvalue weighted by molar-refractivity contribution is 6.34. The second kappa shape index (κ2) is 5.65. The second-order valence-electron chi connectivity index (χ2n) is 3.23. The average Bonchev–Trinajstić information content (AvgIpc) is 2.30. The molecule has 98 valence electrons. The molecule has 0 heterocycles. The van der Waals surface area contributed by atoms with Gasteiger partial charge in [0.15, 0.2) is 0 Å². The highest BCUT2D eigenvalue weighted by Gasteiger charge is 2.19. The van der Waals surface area contributed by atoms with Gasteiger partial charge in [-0.2, -0.15) is 0 Å². The third-order valence-corrected chi connectivity index (χ3v) is 2.40. The maximum absolute atomic E-state index is 13.4. The van der Waals surface area contributed by atoms with Gasteiger partial charge in [0.1, 0.15) is 5.82 Å². The monoisotopic (exact) mass is 276 g/mol. The number of halogens is 2. The van der Waals surface area contributed by atoms with E-state index in [4.69, 9.17) is 16.7 Å². The molecule has 0 aromatic heterocycles. The number of nitrogens with one attached hydrogen (secondary N) is 1. The van der Waals surface area contributed by atoms with Crippen molar-refractivity contribution in [2.75, 3.05) is 19.5 Å². The van der Waals surface area contributed by atoms with Crippen LogP contribution in [0.5, 0.6) is 0 Å². The Morgan fingerprint density at radius 2 is 2.11 bits per heavy atom. The van der Waals surface area contributed by atoms with Crippen LogP contribution in [-0.4, -0.2) is 36.3 Å². The van der Waals surface area contributed by atoms with Crippen LogP contribution in [0.2, 0.25) is 5.02 Å². The normalized spacial score (nSPS) is 10.0. The van der Waals surface area contributed by atoms with E-state index in [0.29, 0.717) is 0 Å². The van der Waals surface area contributed by atoms with Crippen molar-refractivity contribution in [3.05, 3.63) is 28.5 Å². The second-order valence-corrected chi connectivity index (χ2v) is 3.63. The van der Waals surface area contributed by atoms with Crippen molar-refractivity contribution in [1.82, 2.24) is 5.06 Å². The van der Waals surface area contributed by atoms with Crippen LogP contribution in [-0.2, 0) is 4.84 Å². The van der Waals surface area contributed by atoms with Crippen LogP contribution in [0, 0.1) is 5.82 Å². The standard InChI is InChI=1S/C10H10ClFN2O4/c1-14(18-2)9(15)5-3-8(13-10(16)17)7(12)4-6(5)11/h3-4,13H,1-2H3,(H,16,17). The molecule has 1 rings (SSSR count). The molecule has 0 aliphatic carbocycles. The first-order valence-corrected chi connectivity index (χ1v) is 5.05. The average molecular weight is 277 g/mol. The lowest BCUT2D eigenvalue weighted by atomic mass is 10.1. The lowest BCUT2D eigenvalue weighted by molar-refractivity contribution is -0.0756. The summed E-state index contributed by atoms with van der Waals surface area (Å²) in [6.07, 6.45) is -1.45. The minimum atomic E-state index is -1.45. The van der Waals surface area contributed by atoms with Gasteiger partial charge in [-0.3, -0.25) is 14.9 Å². The molecule has 2 N–H and O–H groups in total. The molecule has 0 bridgehead atoms. The van der Waals surface area contributed by atoms with Gasteiger partial charge in [-0.15, -0.1) is 0 Å². The Kier molecular flexibility index (Phi) is 4.46. The van der Waals surface area contributed by atoms with Crippen LogP contribution in [0.15, 0.2) is 12.1 Å². The Bertz CT molecular complexity index is 495. The summed E-state index contributed by atoms with van der Waals surface area (Å²) in [5.74, 6) is -1.50. The fourth-order valence-electron chi connectivity index (χ4n) is 1.18. The Labute approximate surface area is 107 Å². The number of hydroxylamine groups is 2. The van der Waals surface area contributed by atoms with Crippen molar-refractivity contribution in [3.8, 4) is 0 Å². The van der Waals surface area contributed by atoms with Gasteiger partial charge in [0, 0.05) is 7.05 Å². The number of anilines is 1. The number of carbonyl (C=O) groups is 2. The van der Waals surface area contributed by atoms with Crippen LogP contribution in [0.4, 0.5) is 14.9 Å². The molecule has 0 radical (unpaired) electrons. The first-order chi connectivity index (χ1) is 8.36. The van der Waals surface area contributed by atoms with E-state index in [1.807, 2.05) is 5.32 Å². The van der Waals surface area contributed by atoms with E-state index in [1.54, 1.807) is 0 Å². The maximum atomic E-state index is 13.4. The van der Waals surface area contributed by atoms with E-state index in [2.05, 4.69) is 4.84 Å². The number of hydrogen-bond donors (Lipinski definition) is 2. The predicted octanol–water partition coefficient (Wildman–Crippen LogP) is 2.20. The van der Waals surface area contributed by atoms with Crippen molar-refractivity contribution in [1.29, 1.82) is 0 Å². The fraction of sp³-hybridized carbons (Fsp3) is 0.200. The summed E-state index contributed by atoms with van der Waals surface area (Å²) in [4.78, 5) is 26.9. The van der Waals surface area contributed by atoms with Gasteiger partial charge in [-0.05, 0) is 12.1 Å². The van der Waals surface area contributed by atoms with E-state index < -0.39 is 17.8 Å². The minimum Gasteiger partial charge on any atom is -0.465 e. The van der Waals surface area contributed by atoms with Crippen molar-refractivity contribution in [2.45, 2.75) is 0 Å². The highest BCUT2D eigenvalue weighted by Crippen LogP contribution is 2.25. The summed E-state index contributed by atoms with van der Waals surface area (Å²) in [6.45, 7) is 0. The third-order valence-electron chi connectivity index (χ3n) is 2.09. The number of rotatable bonds is 3. The zero-order valence-electron chi connectivity index (χ0n) is 9.53. The van der Waals surface area contributed by atoms with Crippen LogP contribution in [0.25, 0.3) is 0 Å². The summed E-state index contributed by atoms with van der Waals surface area (Å²) in [7, 11) is 2.61. The van der Waals surface area contributed by atoms with Gasteiger partial charge in [0.05, 0.1) is 23.4 Å². The minimum absolute atomic E-state index is 0.0776. The summed E-state index contributed by atoms with van der Waals surface area (Å²) >= 11 is 5.72. The zero-order chi connectivity index (χ0) is 13.9. The van der Waals surface area contributed by atoms with Crippen molar-refractivity contribution in [3.63, 3.8) is 0 Å². The largest absolute Gasteiger partial charge is 0.465 e. The summed E-state index contributed by atoms with van der Waals surface area (Å²) in [5, 5.41) is 11.1.